The minimum absolute atomic E-state index is 0.0261. The van der Waals surface area contributed by atoms with Crippen molar-refractivity contribution in [3.63, 3.8) is 0 Å². The molecule has 2 aliphatic heterocycles. The van der Waals surface area contributed by atoms with Crippen LogP contribution in [0.15, 0.2) is 0 Å². The largest absolute Gasteiger partial charge is 0.469 e. The van der Waals surface area contributed by atoms with E-state index < -0.39 is 25.8 Å². The van der Waals surface area contributed by atoms with E-state index >= 15 is 0 Å². The summed E-state index contributed by atoms with van der Waals surface area (Å²) >= 11 is 0. The van der Waals surface area contributed by atoms with Gasteiger partial charge >= 0.3 is 12.1 Å². The standard InChI is InChI=1S/C23H43NO7Si/c1-21(2,3)31-20(26)24-15(12-13-17(25)27-9)18-19(30-23(7,8)29-18)16(24)14-28-32(10,11)22(4,5)6/h15-16,18-19H,12-14H2,1-11H3/t15-,16-,18+,19-/m1/s1. The molecule has 2 saturated heterocycles. The lowest BCUT2D eigenvalue weighted by atomic mass is 10.0. The Kier molecular flexibility index (Phi) is 7.82. The van der Waals surface area contributed by atoms with Crippen LogP contribution in [0.5, 0.6) is 0 Å². The third kappa shape index (κ3) is 6.24. The van der Waals surface area contributed by atoms with Crippen LogP contribution in [0.25, 0.3) is 0 Å². The van der Waals surface area contributed by atoms with Crippen LogP contribution in [0.4, 0.5) is 4.79 Å². The van der Waals surface area contributed by atoms with Gasteiger partial charge in [0, 0.05) is 6.42 Å². The first-order valence-corrected chi connectivity index (χ1v) is 14.4. The Balaban J connectivity index is 2.38. The zero-order chi connectivity index (χ0) is 24.7. The molecule has 8 nitrogen and oxygen atoms in total. The summed E-state index contributed by atoms with van der Waals surface area (Å²) in [6.45, 7) is 20.5. The van der Waals surface area contributed by atoms with Crippen molar-refractivity contribution in [3.8, 4) is 0 Å². The zero-order valence-electron chi connectivity index (χ0n) is 21.7. The van der Waals surface area contributed by atoms with Gasteiger partial charge in [-0.2, -0.15) is 0 Å². The van der Waals surface area contributed by atoms with E-state index in [1.54, 1.807) is 4.90 Å². The molecular formula is C23H43NO7Si. The van der Waals surface area contributed by atoms with E-state index in [9.17, 15) is 9.59 Å². The Bertz CT molecular complexity index is 695. The van der Waals surface area contributed by atoms with E-state index in [2.05, 4.69) is 33.9 Å². The Morgan fingerprint density at radius 3 is 2.00 bits per heavy atom. The van der Waals surface area contributed by atoms with Gasteiger partial charge in [-0.25, -0.2) is 4.79 Å². The normalized spacial score (nSPS) is 27.9. The van der Waals surface area contributed by atoms with Crippen molar-refractivity contribution in [2.45, 2.75) is 122 Å². The fraction of sp³-hybridized carbons (Fsp3) is 0.913. The molecule has 0 spiro atoms. The molecule has 9 heteroatoms. The molecule has 32 heavy (non-hydrogen) atoms. The lowest BCUT2D eigenvalue weighted by molar-refractivity contribution is -0.169. The number of nitrogens with zero attached hydrogens (tertiary/aromatic N) is 1. The predicted molar refractivity (Wildman–Crippen MR) is 124 cm³/mol. The number of hydrogen-bond acceptors (Lipinski definition) is 7. The Hall–Kier alpha value is -1.16. The van der Waals surface area contributed by atoms with Crippen LogP contribution >= 0.6 is 0 Å². The first-order chi connectivity index (χ1) is 14.4. The molecule has 0 radical (unpaired) electrons. The predicted octanol–water partition coefficient (Wildman–Crippen LogP) is 4.47. The number of hydrogen-bond donors (Lipinski definition) is 0. The van der Waals surface area contributed by atoms with E-state index in [1.165, 1.54) is 7.11 Å². The minimum Gasteiger partial charge on any atom is -0.469 e. The highest BCUT2D eigenvalue weighted by atomic mass is 28.4. The molecule has 1 amide bonds. The van der Waals surface area contributed by atoms with E-state index in [0.717, 1.165) is 0 Å². The second-order valence-electron chi connectivity index (χ2n) is 11.8. The number of carbonyl (C=O) groups is 2. The summed E-state index contributed by atoms with van der Waals surface area (Å²) in [4.78, 5) is 26.9. The van der Waals surface area contributed by atoms with Crippen LogP contribution < -0.4 is 0 Å². The summed E-state index contributed by atoms with van der Waals surface area (Å²) in [5.74, 6) is -1.11. The summed E-state index contributed by atoms with van der Waals surface area (Å²) in [6.07, 6.45) is -0.636. The van der Waals surface area contributed by atoms with E-state index in [-0.39, 0.29) is 41.7 Å². The topological polar surface area (TPSA) is 83.5 Å². The van der Waals surface area contributed by atoms with Gasteiger partial charge in [-0.3, -0.25) is 9.69 Å². The number of methoxy groups -OCH3 is 1. The van der Waals surface area contributed by atoms with E-state index in [4.69, 9.17) is 23.4 Å². The summed E-state index contributed by atoms with van der Waals surface area (Å²) in [6, 6.07) is -0.767. The summed E-state index contributed by atoms with van der Waals surface area (Å²) in [7, 11) is -0.716. The van der Waals surface area contributed by atoms with Gasteiger partial charge in [0.15, 0.2) is 14.1 Å². The van der Waals surface area contributed by atoms with Crippen LogP contribution in [-0.4, -0.2) is 74.7 Å². The van der Waals surface area contributed by atoms with Crippen LogP contribution in [0, 0.1) is 0 Å². The molecule has 2 rings (SSSR count). The molecule has 0 aromatic heterocycles. The van der Waals surface area contributed by atoms with Crippen LogP contribution in [0.3, 0.4) is 0 Å². The molecule has 0 aromatic rings. The van der Waals surface area contributed by atoms with Crippen molar-refractivity contribution in [1.29, 1.82) is 0 Å². The van der Waals surface area contributed by atoms with Gasteiger partial charge in [0.05, 0.1) is 25.8 Å². The van der Waals surface area contributed by atoms with Gasteiger partial charge < -0.3 is 23.4 Å². The second kappa shape index (κ2) is 9.23. The molecule has 0 aromatic carbocycles. The number of ether oxygens (including phenoxy) is 4. The van der Waals surface area contributed by atoms with Crippen molar-refractivity contribution >= 4 is 20.4 Å². The molecule has 4 atom stereocenters. The van der Waals surface area contributed by atoms with Gasteiger partial charge in [-0.15, -0.1) is 0 Å². The smallest absolute Gasteiger partial charge is 0.411 e. The van der Waals surface area contributed by atoms with E-state index in [1.807, 2.05) is 34.6 Å². The first kappa shape index (κ1) is 27.1. The lowest BCUT2D eigenvalue weighted by Gasteiger charge is -2.40. The maximum atomic E-state index is 13.3. The maximum Gasteiger partial charge on any atom is 0.411 e. The molecule has 0 unspecified atom stereocenters. The van der Waals surface area contributed by atoms with Crippen LogP contribution in [-0.2, 0) is 28.2 Å². The molecule has 0 saturated carbocycles. The number of likely N-dealkylation sites (tertiary alicyclic amines) is 1. The monoisotopic (exact) mass is 473 g/mol. The highest BCUT2D eigenvalue weighted by Crippen LogP contribution is 2.44. The van der Waals surface area contributed by atoms with Crippen molar-refractivity contribution in [2.75, 3.05) is 13.7 Å². The highest BCUT2D eigenvalue weighted by molar-refractivity contribution is 6.74. The molecule has 2 fully saturated rings. The molecule has 2 heterocycles. The van der Waals surface area contributed by atoms with E-state index in [0.29, 0.717) is 13.0 Å². The number of amides is 1. The average molecular weight is 474 g/mol. The molecule has 0 aliphatic carbocycles. The molecule has 0 bridgehead atoms. The van der Waals surface area contributed by atoms with Gasteiger partial charge in [0.1, 0.15) is 17.8 Å². The lowest BCUT2D eigenvalue weighted by Crippen LogP contribution is -2.52. The Morgan fingerprint density at radius 2 is 1.53 bits per heavy atom. The zero-order valence-corrected chi connectivity index (χ0v) is 22.7. The van der Waals surface area contributed by atoms with Crippen LogP contribution in [0.2, 0.25) is 18.1 Å². The average Bonchev–Trinajstić information content (AvgIpc) is 3.05. The fourth-order valence-corrected chi connectivity index (χ4v) is 4.94. The Morgan fingerprint density at radius 1 is 1.00 bits per heavy atom. The number of fused-ring (bicyclic) bond motifs is 1. The van der Waals surface area contributed by atoms with Crippen LogP contribution in [0.1, 0.15) is 68.2 Å². The summed E-state index contributed by atoms with van der Waals surface area (Å²) in [5.41, 5.74) is -0.659. The molecule has 186 valence electrons. The number of esters is 1. The quantitative estimate of drug-likeness (QED) is 0.416. The van der Waals surface area contributed by atoms with Gasteiger partial charge in [-0.1, -0.05) is 20.8 Å². The SMILES string of the molecule is COC(=O)CC[C@@H]1[C@@H]2OC(C)(C)O[C@@H]2[C@@H](CO[Si](C)(C)C(C)(C)C)N1C(=O)OC(C)(C)C. The third-order valence-corrected chi connectivity index (χ3v) is 11.0. The third-order valence-electron chi connectivity index (χ3n) is 6.53. The first-order valence-electron chi connectivity index (χ1n) is 11.5. The van der Waals surface area contributed by atoms with Crippen molar-refractivity contribution in [3.05, 3.63) is 0 Å². The number of carbonyl (C=O) groups excluding carboxylic acids is 2. The second-order valence-corrected chi connectivity index (χ2v) is 16.6. The van der Waals surface area contributed by atoms with Gasteiger partial charge in [0.25, 0.3) is 0 Å². The van der Waals surface area contributed by atoms with Gasteiger partial charge in [0.2, 0.25) is 0 Å². The molecule has 2 aliphatic rings. The van der Waals surface area contributed by atoms with Crippen molar-refractivity contribution in [2.24, 2.45) is 0 Å². The Labute approximate surface area is 194 Å². The molecule has 0 N–H and O–H groups in total. The van der Waals surface area contributed by atoms with Crippen molar-refractivity contribution < 1.29 is 33.0 Å². The number of rotatable bonds is 6. The fourth-order valence-electron chi connectivity index (χ4n) is 3.92. The van der Waals surface area contributed by atoms with Crippen molar-refractivity contribution in [1.82, 2.24) is 4.90 Å². The highest BCUT2D eigenvalue weighted by Gasteiger charge is 2.60. The minimum atomic E-state index is -2.08. The maximum absolute atomic E-state index is 13.3. The van der Waals surface area contributed by atoms with Gasteiger partial charge in [-0.05, 0) is 59.2 Å². The summed E-state index contributed by atoms with van der Waals surface area (Å²) in [5, 5.41) is 0.0261. The summed E-state index contributed by atoms with van der Waals surface area (Å²) < 4.78 is 29.6. The molecular weight excluding hydrogens is 430 g/mol.